The number of nitrogens with two attached hydrogens (primary N) is 1. The molecule has 1 saturated heterocycles. The van der Waals surface area contributed by atoms with Gasteiger partial charge >= 0.3 is 0 Å². The van der Waals surface area contributed by atoms with E-state index in [0.717, 1.165) is 38.0 Å². The summed E-state index contributed by atoms with van der Waals surface area (Å²) in [7, 11) is 1.83. The van der Waals surface area contributed by atoms with E-state index in [1.54, 1.807) is 23.1 Å². The highest BCUT2D eigenvalue weighted by Crippen LogP contribution is 2.21. The maximum atomic E-state index is 12.9. The molecule has 5 heteroatoms. The summed E-state index contributed by atoms with van der Waals surface area (Å²) in [5.41, 5.74) is 8.01. The maximum absolute atomic E-state index is 12.9. The van der Waals surface area contributed by atoms with Gasteiger partial charge in [-0.3, -0.25) is 14.5 Å². The van der Waals surface area contributed by atoms with E-state index >= 15 is 0 Å². The molecule has 142 valence electrons. The second-order valence-corrected chi connectivity index (χ2v) is 7.32. The summed E-state index contributed by atoms with van der Waals surface area (Å²) >= 11 is 0. The molecule has 3 rings (SSSR count). The Labute approximate surface area is 160 Å². The first-order valence-electron chi connectivity index (χ1n) is 9.43. The van der Waals surface area contributed by atoms with Gasteiger partial charge < -0.3 is 10.6 Å². The van der Waals surface area contributed by atoms with E-state index in [9.17, 15) is 9.59 Å². The van der Waals surface area contributed by atoms with Crippen LogP contribution in [0, 0.1) is 5.92 Å². The lowest BCUT2D eigenvalue weighted by molar-refractivity contribution is -0.136. The molecule has 2 aromatic carbocycles. The van der Waals surface area contributed by atoms with Crippen LogP contribution < -0.4 is 5.73 Å². The van der Waals surface area contributed by atoms with Crippen molar-refractivity contribution >= 4 is 11.8 Å². The Morgan fingerprint density at radius 3 is 2.59 bits per heavy atom. The molecule has 1 unspecified atom stereocenters. The lowest BCUT2D eigenvalue weighted by atomic mass is 9.96. The molecule has 0 radical (unpaired) electrons. The van der Waals surface area contributed by atoms with Gasteiger partial charge in [0.15, 0.2) is 0 Å². The number of hydrogen-bond donors (Lipinski definition) is 1. The van der Waals surface area contributed by atoms with Crippen LogP contribution in [0.1, 0.15) is 34.3 Å². The van der Waals surface area contributed by atoms with Crippen molar-refractivity contribution in [3.8, 4) is 0 Å². The number of nitrogens with zero attached hydrogens (tertiary/aromatic N) is 2. The third kappa shape index (κ3) is 5.17. The van der Waals surface area contributed by atoms with Gasteiger partial charge in [-0.2, -0.15) is 0 Å². The van der Waals surface area contributed by atoms with Crippen LogP contribution in [0.15, 0.2) is 54.6 Å². The Balaban J connectivity index is 1.59. The zero-order valence-corrected chi connectivity index (χ0v) is 15.8. The predicted octanol–water partition coefficient (Wildman–Crippen LogP) is 2.66. The summed E-state index contributed by atoms with van der Waals surface area (Å²) in [6.45, 7) is 3.19. The van der Waals surface area contributed by atoms with E-state index in [1.807, 2.05) is 19.2 Å². The molecule has 5 nitrogen and oxygen atoms in total. The van der Waals surface area contributed by atoms with E-state index in [2.05, 4.69) is 29.2 Å². The van der Waals surface area contributed by atoms with Crippen molar-refractivity contribution in [3.05, 3.63) is 71.3 Å². The lowest BCUT2D eigenvalue weighted by Gasteiger charge is -2.34. The zero-order valence-electron chi connectivity index (χ0n) is 15.8. The van der Waals surface area contributed by atoms with E-state index in [4.69, 9.17) is 5.73 Å². The topological polar surface area (TPSA) is 66.6 Å². The highest BCUT2D eigenvalue weighted by atomic mass is 16.2. The predicted molar refractivity (Wildman–Crippen MR) is 106 cm³/mol. The lowest BCUT2D eigenvalue weighted by Crippen LogP contribution is -2.43. The third-order valence-corrected chi connectivity index (χ3v) is 5.11. The number of piperidine rings is 1. The number of likely N-dealkylation sites (tertiary alicyclic amines) is 1. The Bertz CT molecular complexity index is 791. The van der Waals surface area contributed by atoms with Gasteiger partial charge in [-0.05, 0) is 42.6 Å². The molecule has 1 fully saturated rings. The number of benzene rings is 2. The molecular formula is C22H27N3O2. The number of rotatable bonds is 6. The van der Waals surface area contributed by atoms with Crippen molar-refractivity contribution in [2.75, 3.05) is 20.1 Å². The van der Waals surface area contributed by atoms with E-state index in [1.165, 1.54) is 5.56 Å². The summed E-state index contributed by atoms with van der Waals surface area (Å²) in [5.74, 6) is -0.265. The minimum Gasteiger partial charge on any atom is -0.366 e. The smallest absolute Gasteiger partial charge is 0.248 e. The molecule has 1 heterocycles. The number of carbonyl (C=O) groups excluding carboxylic acids is 2. The fourth-order valence-electron chi connectivity index (χ4n) is 3.73. The Morgan fingerprint density at radius 1 is 1.11 bits per heavy atom. The van der Waals surface area contributed by atoms with Crippen molar-refractivity contribution in [2.24, 2.45) is 11.7 Å². The molecule has 0 aromatic heterocycles. The molecule has 1 aliphatic heterocycles. The molecule has 27 heavy (non-hydrogen) atoms. The minimum absolute atomic E-state index is 0.0202. The SMILES string of the molecule is CN(Cc1cccc(C(N)=O)c1)C(=O)C1CCCN(Cc2ccccc2)C1. The van der Waals surface area contributed by atoms with Gasteiger partial charge in [0.25, 0.3) is 0 Å². The summed E-state index contributed by atoms with van der Waals surface area (Å²) < 4.78 is 0. The Kier molecular flexibility index (Phi) is 6.24. The van der Waals surface area contributed by atoms with E-state index in [0.29, 0.717) is 12.1 Å². The molecule has 0 spiro atoms. The van der Waals surface area contributed by atoms with Gasteiger partial charge in [-0.15, -0.1) is 0 Å². The van der Waals surface area contributed by atoms with E-state index in [-0.39, 0.29) is 11.8 Å². The van der Waals surface area contributed by atoms with Gasteiger partial charge in [0.2, 0.25) is 11.8 Å². The van der Waals surface area contributed by atoms with Crippen molar-refractivity contribution < 1.29 is 9.59 Å². The van der Waals surface area contributed by atoms with Crippen LogP contribution in [0.5, 0.6) is 0 Å². The monoisotopic (exact) mass is 365 g/mol. The molecule has 0 saturated carbocycles. The summed E-state index contributed by atoms with van der Waals surface area (Å²) in [5, 5.41) is 0. The summed E-state index contributed by atoms with van der Waals surface area (Å²) in [6, 6.07) is 17.5. The number of amides is 2. The number of hydrogen-bond acceptors (Lipinski definition) is 3. The Morgan fingerprint density at radius 2 is 1.85 bits per heavy atom. The maximum Gasteiger partial charge on any atom is 0.248 e. The summed E-state index contributed by atoms with van der Waals surface area (Å²) in [4.78, 5) is 28.4. The molecule has 2 N–H and O–H groups in total. The third-order valence-electron chi connectivity index (χ3n) is 5.11. The van der Waals surface area contributed by atoms with Crippen LogP contribution in [-0.4, -0.2) is 41.8 Å². The van der Waals surface area contributed by atoms with Crippen LogP contribution in [-0.2, 0) is 17.9 Å². The first-order chi connectivity index (χ1) is 13.0. The highest BCUT2D eigenvalue weighted by Gasteiger charge is 2.28. The van der Waals surface area contributed by atoms with Gasteiger partial charge in [-0.1, -0.05) is 42.5 Å². The molecule has 0 aliphatic carbocycles. The molecular weight excluding hydrogens is 338 g/mol. The van der Waals surface area contributed by atoms with Gasteiger partial charge in [0.1, 0.15) is 0 Å². The number of carbonyl (C=O) groups is 2. The first-order valence-corrected chi connectivity index (χ1v) is 9.43. The first kappa shape index (κ1) is 19.1. The van der Waals surface area contributed by atoms with Gasteiger partial charge in [-0.25, -0.2) is 0 Å². The number of primary amides is 1. The minimum atomic E-state index is -0.449. The van der Waals surface area contributed by atoms with Crippen LogP contribution in [0.25, 0.3) is 0 Å². The molecule has 1 aliphatic rings. The van der Waals surface area contributed by atoms with E-state index < -0.39 is 5.91 Å². The second-order valence-electron chi connectivity index (χ2n) is 7.32. The molecule has 2 amide bonds. The fraction of sp³-hybridized carbons (Fsp3) is 0.364. The van der Waals surface area contributed by atoms with Crippen molar-refractivity contribution in [1.29, 1.82) is 0 Å². The molecule has 2 aromatic rings. The van der Waals surface area contributed by atoms with Crippen molar-refractivity contribution in [3.63, 3.8) is 0 Å². The van der Waals surface area contributed by atoms with Crippen LogP contribution >= 0.6 is 0 Å². The largest absolute Gasteiger partial charge is 0.366 e. The molecule has 0 bridgehead atoms. The quantitative estimate of drug-likeness (QED) is 0.856. The fourth-order valence-corrected chi connectivity index (χ4v) is 3.73. The van der Waals surface area contributed by atoms with Crippen LogP contribution in [0.4, 0.5) is 0 Å². The standard InChI is InChI=1S/C22H27N3O2/c1-24(14-18-9-5-10-19(13-18)21(23)26)22(27)20-11-6-12-25(16-20)15-17-7-3-2-4-8-17/h2-5,7-10,13,20H,6,11-12,14-16H2,1H3,(H2,23,26). The zero-order chi connectivity index (χ0) is 19.2. The van der Waals surface area contributed by atoms with Crippen molar-refractivity contribution in [2.45, 2.75) is 25.9 Å². The second kappa shape index (κ2) is 8.82. The molecule has 1 atom stereocenters. The van der Waals surface area contributed by atoms with Crippen LogP contribution in [0.3, 0.4) is 0 Å². The van der Waals surface area contributed by atoms with Gasteiger partial charge in [0.05, 0.1) is 5.92 Å². The van der Waals surface area contributed by atoms with Crippen LogP contribution in [0.2, 0.25) is 0 Å². The average molecular weight is 365 g/mol. The Hall–Kier alpha value is -2.66. The summed E-state index contributed by atoms with van der Waals surface area (Å²) in [6.07, 6.45) is 1.96. The van der Waals surface area contributed by atoms with Crippen molar-refractivity contribution in [1.82, 2.24) is 9.80 Å². The highest BCUT2D eigenvalue weighted by molar-refractivity contribution is 5.92. The normalized spacial score (nSPS) is 17.4. The average Bonchev–Trinajstić information content (AvgIpc) is 2.68. The van der Waals surface area contributed by atoms with Gasteiger partial charge in [0, 0.05) is 32.2 Å².